The quantitative estimate of drug-likeness (QED) is 0.855. The molecule has 0 radical (unpaired) electrons. The predicted octanol–water partition coefficient (Wildman–Crippen LogP) is 4.41. The average molecular weight is 331 g/mol. The van der Waals surface area contributed by atoms with Crippen LogP contribution < -0.4 is 5.32 Å². The maximum Gasteiger partial charge on any atom is 0.251 e. The Morgan fingerprint density at radius 3 is 2.78 bits per heavy atom. The van der Waals surface area contributed by atoms with Gasteiger partial charge in [-0.1, -0.05) is 31.9 Å². The molecule has 1 N–H and O–H groups in total. The van der Waals surface area contributed by atoms with Crippen molar-refractivity contribution >= 4 is 33.4 Å². The van der Waals surface area contributed by atoms with Crippen molar-refractivity contribution in [3.05, 3.63) is 33.3 Å². The molecule has 1 aliphatic carbocycles. The van der Waals surface area contributed by atoms with Crippen LogP contribution in [0.4, 0.5) is 0 Å². The van der Waals surface area contributed by atoms with Crippen LogP contribution in [0.25, 0.3) is 0 Å². The number of rotatable bonds is 2. The molecule has 0 bridgehead atoms. The maximum absolute atomic E-state index is 12.2. The number of nitrogens with one attached hydrogen (secondary N) is 1. The average Bonchev–Trinajstić information content (AvgIpc) is 2.62. The Balaban J connectivity index is 2.10. The van der Waals surface area contributed by atoms with E-state index in [0.717, 1.165) is 10.9 Å². The third-order valence-electron chi connectivity index (χ3n) is 3.74. The lowest BCUT2D eigenvalue weighted by atomic mass is 9.87. The van der Waals surface area contributed by atoms with E-state index in [1.54, 1.807) is 18.2 Å². The van der Waals surface area contributed by atoms with E-state index < -0.39 is 0 Å². The molecule has 98 valence electrons. The number of carbonyl (C=O) groups excluding carboxylic acids is 1. The molecule has 1 aliphatic rings. The number of benzene rings is 1. The van der Waals surface area contributed by atoms with Crippen LogP contribution >= 0.6 is 27.5 Å². The number of amides is 1. The number of hydrogen-bond acceptors (Lipinski definition) is 1. The minimum Gasteiger partial charge on any atom is -0.349 e. The summed E-state index contributed by atoms with van der Waals surface area (Å²) in [4.78, 5) is 12.2. The van der Waals surface area contributed by atoms with Crippen LogP contribution in [-0.2, 0) is 0 Å². The largest absolute Gasteiger partial charge is 0.349 e. The first-order valence-corrected chi connectivity index (χ1v) is 7.33. The first kappa shape index (κ1) is 13.9. The molecule has 18 heavy (non-hydrogen) atoms. The van der Waals surface area contributed by atoms with Gasteiger partial charge in [-0.2, -0.15) is 0 Å². The summed E-state index contributed by atoms with van der Waals surface area (Å²) in [5, 5.41) is 3.68. The summed E-state index contributed by atoms with van der Waals surface area (Å²) < 4.78 is 0.807. The Hall–Kier alpha value is -0.540. The van der Waals surface area contributed by atoms with Crippen LogP contribution in [0.5, 0.6) is 0 Å². The molecule has 1 aromatic rings. The van der Waals surface area contributed by atoms with E-state index >= 15 is 0 Å². The van der Waals surface area contributed by atoms with Gasteiger partial charge in [0, 0.05) is 16.1 Å². The highest BCUT2D eigenvalue weighted by molar-refractivity contribution is 9.10. The molecule has 0 saturated heterocycles. The van der Waals surface area contributed by atoms with Crippen LogP contribution in [0.3, 0.4) is 0 Å². The van der Waals surface area contributed by atoms with Gasteiger partial charge in [-0.15, -0.1) is 0 Å². The minimum atomic E-state index is -0.0376. The smallest absolute Gasteiger partial charge is 0.251 e. The molecule has 1 amide bonds. The topological polar surface area (TPSA) is 29.1 Å². The minimum absolute atomic E-state index is 0.0376. The molecule has 1 atom stereocenters. The number of hydrogen-bond donors (Lipinski definition) is 1. The highest BCUT2D eigenvalue weighted by Crippen LogP contribution is 2.37. The fourth-order valence-electron chi connectivity index (χ4n) is 2.47. The normalized spacial score (nSPS) is 21.9. The van der Waals surface area contributed by atoms with E-state index in [1.807, 2.05) is 0 Å². The summed E-state index contributed by atoms with van der Waals surface area (Å²) >= 11 is 9.32. The zero-order valence-electron chi connectivity index (χ0n) is 10.6. The van der Waals surface area contributed by atoms with Gasteiger partial charge in [-0.3, -0.25) is 4.79 Å². The molecular weight excluding hydrogens is 314 g/mol. The molecule has 0 spiro atoms. The molecule has 0 aliphatic heterocycles. The fraction of sp³-hybridized carbons (Fsp3) is 0.500. The van der Waals surface area contributed by atoms with Gasteiger partial charge in [0.1, 0.15) is 0 Å². The van der Waals surface area contributed by atoms with Crippen molar-refractivity contribution in [2.45, 2.75) is 39.2 Å². The molecule has 0 heterocycles. The first-order valence-electron chi connectivity index (χ1n) is 6.16. The van der Waals surface area contributed by atoms with E-state index in [-0.39, 0.29) is 17.4 Å². The SMILES string of the molecule is CC1(C)CCCC1NC(=O)c1ccc(Br)c(Cl)c1. The summed E-state index contributed by atoms with van der Waals surface area (Å²) in [5.41, 5.74) is 0.806. The van der Waals surface area contributed by atoms with Crippen LogP contribution in [0, 0.1) is 5.41 Å². The van der Waals surface area contributed by atoms with Crippen LogP contribution in [-0.4, -0.2) is 11.9 Å². The molecule has 1 saturated carbocycles. The molecular formula is C14H17BrClNO. The molecule has 1 aromatic carbocycles. The monoisotopic (exact) mass is 329 g/mol. The highest BCUT2D eigenvalue weighted by Gasteiger charge is 2.35. The van der Waals surface area contributed by atoms with Crippen molar-refractivity contribution in [3.8, 4) is 0 Å². The summed E-state index contributed by atoms with van der Waals surface area (Å²) in [6.45, 7) is 4.42. The third kappa shape index (κ3) is 2.89. The zero-order chi connectivity index (χ0) is 13.3. The Kier molecular flexibility index (Phi) is 4.02. The van der Waals surface area contributed by atoms with Crippen molar-refractivity contribution < 1.29 is 4.79 Å². The third-order valence-corrected chi connectivity index (χ3v) is 4.98. The van der Waals surface area contributed by atoms with Gasteiger partial charge < -0.3 is 5.32 Å². The van der Waals surface area contributed by atoms with Crippen molar-refractivity contribution in [1.29, 1.82) is 0 Å². The van der Waals surface area contributed by atoms with Gasteiger partial charge in [0.15, 0.2) is 0 Å². The second kappa shape index (κ2) is 5.22. The van der Waals surface area contributed by atoms with Crippen LogP contribution in [0.2, 0.25) is 5.02 Å². The summed E-state index contributed by atoms with van der Waals surface area (Å²) in [6, 6.07) is 5.54. The van der Waals surface area contributed by atoms with Crippen molar-refractivity contribution in [3.63, 3.8) is 0 Å². The van der Waals surface area contributed by atoms with Crippen molar-refractivity contribution in [1.82, 2.24) is 5.32 Å². The second-order valence-corrected chi connectivity index (χ2v) is 6.80. The van der Waals surface area contributed by atoms with Crippen molar-refractivity contribution in [2.75, 3.05) is 0 Å². The lowest BCUT2D eigenvalue weighted by molar-refractivity contribution is 0.0910. The van der Waals surface area contributed by atoms with Gasteiger partial charge in [-0.05, 0) is 52.4 Å². The van der Waals surface area contributed by atoms with E-state index in [2.05, 4.69) is 35.1 Å². The van der Waals surface area contributed by atoms with Crippen LogP contribution in [0.15, 0.2) is 22.7 Å². The standard InChI is InChI=1S/C14H17BrClNO/c1-14(2)7-3-4-12(14)17-13(18)9-5-6-10(15)11(16)8-9/h5-6,8,12H,3-4,7H2,1-2H3,(H,17,18). The summed E-state index contributed by atoms with van der Waals surface area (Å²) in [5.74, 6) is -0.0376. The predicted molar refractivity (Wildman–Crippen MR) is 78.0 cm³/mol. The lowest BCUT2D eigenvalue weighted by Crippen LogP contribution is -2.41. The summed E-state index contributed by atoms with van der Waals surface area (Å²) in [7, 11) is 0. The molecule has 1 fully saturated rings. The van der Waals surface area contributed by atoms with Gasteiger partial charge in [0.2, 0.25) is 0 Å². The fourth-order valence-corrected chi connectivity index (χ4v) is 2.90. The molecule has 0 aromatic heterocycles. The van der Waals surface area contributed by atoms with E-state index in [4.69, 9.17) is 11.6 Å². The maximum atomic E-state index is 12.2. The number of carbonyl (C=O) groups is 1. The second-order valence-electron chi connectivity index (χ2n) is 5.54. The van der Waals surface area contributed by atoms with Gasteiger partial charge in [-0.25, -0.2) is 0 Å². The van der Waals surface area contributed by atoms with E-state index in [0.29, 0.717) is 10.6 Å². The lowest BCUT2D eigenvalue weighted by Gasteiger charge is -2.27. The van der Waals surface area contributed by atoms with Gasteiger partial charge in [0.05, 0.1) is 5.02 Å². The Morgan fingerprint density at radius 2 is 2.22 bits per heavy atom. The molecule has 4 heteroatoms. The molecule has 2 nitrogen and oxygen atoms in total. The van der Waals surface area contributed by atoms with Gasteiger partial charge >= 0.3 is 0 Å². The van der Waals surface area contributed by atoms with Crippen LogP contribution in [0.1, 0.15) is 43.5 Å². The Bertz CT molecular complexity index is 473. The zero-order valence-corrected chi connectivity index (χ0v) is 12.9. The Labute approximate surface area is 121 Å². The van der Waals surface area contributed by atoms with Gasteiger partial charge in [0.25, 0.3) is 5.91 Å². The Morgan fingerprint density at radius 1 is 1.50 bits per heavy atom. The van der Waals surface area contributed by atoms with E-state index in [9.17, 15) is 4.79 Å². The molecule has 1 unspecified atom stereocenters. The summed E-state index contributed by atoms with van der Waals surface area (Å²) in [6.07, 6.45) is 3.40. The number of halogens is 2. The van der Waals surface area contributed by atoms with Crippen molar-refractivity contribution in [2.24, 2.45) is 5.41 Å². The highest BCUT2D eigenvalue weighted by atomic mass is 79.9. The molecule has 2 rings (SSSR count). The van der Waals surface area contributed by atoms with E-state index in [1.165, 1.54) is 12.8 Å². The first-order chi connectivity index (χ1) is 8.40.